The van der Waals surface area contributed by atoms with Crippen LogP contribution in [-0.2, 0) is 21.4 Å². The summed E-state index contributed by atoms with van der Waals surface area (Å²) in [6, 6.07) is 21.0. The Morgan fingerprint density at radius 1 is 1.00 bits per heavy atom. The molecule has 0 radical (unpaired) electrons. The van der Waals surface area contributed by atoms with Crippen molar-refractivity contribution in [3.63, 3.8) is 0 Å². The SMILES string of the molecule is CCOc1ccc(S(=O)(=O)Nc2ccc(N3CCNCC3)c(C(=O)NCc3ccccc3)c2)cc1.O=C(O)C(F)(F)F. The van der Waals surface area contributed by atoms with Crippen molar-refractivity contribution in [3.8, 4) is 5.75 Å². The molecule has 10 nitrogen and oxygen atoms in total. The molecule has 3 aromatic carbocycles. The fourth-order valence-corrected chi connectivity index (χ4v) is 4.98. The number of ether oxygens (including phenoxy) is 1. The summed E-state index contributed by atoms with van der Waals surface area (Å²) in [7, 11) is -3.84. The normalized spacial score (nSPS) is 13.4. The molecule has 1 aliphatic rings. The largest absolute Gasteiger partial charge is 0.494 e. The van der Waals surface area contributed by atoms with E-state index in [0.717, 1.165) is 37.4 Å². The molecular formula is C28H31F3N4O6S. The quantitative estimate of drug-likeness (QED) is 0.288. The molecule has 0 spiro atoms. The van der Waals surface area contributed by atoms with Gasteiger partial charge in [0, 0.05) is 44.1 Å². The van der Waals surface area contributed by atoms with E-state index in [1.54, 1.807) is 30.3 Å². The number of nitrogens with zero attached hydrogens (tertiary/aromatic N) is 1. The number of hydrogen-bond donors (Lipinski definition) is 4. The number of aliphatic carboxylic acids is 1. The number of piperazine rings is 1. The molecular weight excluding hydrogens is 577 g/mol. The molecule has 0 unspecified atom stereocenters. The van der Waals surface area contributed by atoms with Gasteiger partial charge in [-0.2, -0.15) is 13.2 Å². The standard InChI is InChI=1S/C26H30N4O4S.C2HF3O2/c1-2-34-22-9-11-23(12-10-22)35(32,33)29-21-8-13-25(30-16-14-27-15-17-30)24(18-21)26(31)28-19-20-6-4-3-5-7-20;3-2(4,5)1(6)7/h3-13,18,27,29H,2,14-17,19H2,1H3,(H,28,31);(H,6,7). The summed E-state index contributed by atoms with van der Waals surface area (Å²) in [5.41, 5.74) is 2.51. The fraction of sp³-hybridized carbons (Fsp3) is 0.286. The Morgan fingerprint density at radius 3 is 2.19 bits per heavy atom. The lowest BCUT2D eigenvalue weighted by Crippen LogP contribution is -2.44. The highest BCUT2D eigenvalue weighted by Crippen LogP contribution is 2.27. The molecule has 0 aromatic heterocycles. The second kappa shape index (κ2) is 14.5. The van der Waals surface area contributed by atoms with E-state index >= 15 is 0 Å². The Kier molecular flexibility index (Phi) is 11.2. The molecule has 0 atom stereocenters. The number of halogens is 3. The van der Waals surface area contributed by atoms with Gasteiger partial charge in [0.05, 0.1) is 17.1 Å². The van der Waals surface area contributed by atoms with Gasteiger partial charge in [0.2, 0.25) is 0 Å². The predicted molar refractivity (Wildman–Crippen MR) is 151 cm³/mol. The highest BCUT2D eigenvalue weighted by atomic mass is 32.2. The highest BCUT2D eigenvalue weighted by Gasteiger charge is 2.38. The van der Waals surface area contributed by atoms with Crippen LogP contribution in [0.2, 0.25) is 0 Å². The van der Waals surface area contributed by atoms with Crippen LogP contribution < -0.4 is 25.0 Å². The van der Waals surface area contributed by atoms with Gasteiger partial charge < -0.3 is 25.4 Å². The van der Waals surface area contributed by atoms with E-state index in [-0.39, 0.29) is 10.8 Å². The molecule has 1 aliphatic heterocycles. The number of alkyl halides is 3. The van der Waals surface area contributed by atoms with Crippen LogP contribution in [0.4, 0.5) is 24.5 Å². The highest BCUT2D eigenvalue weighted by molar-refractivity contribution is 7.92. The Balaban J connectivity index is 0.000000616. The minimum atomic E-state index is -5.08. The zero-order chi connectivity index (χ0) is 30.8. The first kappa shape index (κ1) is 32.2. The van der Waals surface area contributed by atoms with Crippen LogP contribution >= 0.6 is 0 Å². The summed E-state index contributed by atoms with van der Waals surface area (Å²) in [6.07, 6.45) is -5.08. The number of benzene rings is 3. The maximum Gasteiger partial charge on any atom is 0.490 e. The van der Waals surface area contributed by atoms with Crippen molar-refractivity contribution in [2.75, 3.05) is 42.4 Å². The van der Waals surface area contributed by atoms with Crippen molar-refractivity contribution in [1.29, 1.82) is 0 Å². The third-order valence-electron chi connectivity index (χ3n) is 5.93. The van der Waals surface area contributed by atoms with Crippen LogP contribution in [0.1, 0.15) is 22.8 Å². The van der Waals surface area contributed by atoms with Crippen LogP contribution in [0, 0.1) is 0 Å². The number of hydrogen-bond acceptors (Lipinski definition) is 7. The topological polar surface area (TPSA) is 137 Å². The Hall–Kier alpha value is -4.30. The average molecular weight is 609 g/mol. The molecule has 42 heavy (non-hydrogen) atoms. The van der Waals surface area contributed by atoms with Gasteiger partial charge in [0.15, 0.2) is 0 Å². The fourth-order valence-electron chi connectivity index (χ4n) is 3.93. The van der Waals surface area contributed by atoms with E-state index in [1.165, 1.54) is 12.1 Å². The molecule has 0 bridgehead atoms. The van der Waals surface area contributed by atoms with E-state index in [4.69, 9.17) is 14.6 Å². The third kappa shape index (κ3) is 9.38. The van der Waals surface area contributed by atoms with E-state index < -0.39 is 22.2 Å². The van der Waals surface area contributed by atoms with Crippen molar-refractivity contribution in [2.45, 2.75) is 24.5 Å². The Bertz CT molecular complexity index is 1450. The number of rotatable bonds is 9. The van der Waals surface area contributed by atoms with Gasteiger partial charge in [-0.25, -0.2) is 13.2 Å². The first-order valence-corrected chi connectivity index (χ1v) is 14.4. The maximum absolute atomic E-state index is 13.2. The van der Waals surface area contributed by atoms with Crippen molar-refractivity contribution >= 4 is 33.3 Å². The number of anilines is 2. The Morgan fingerprint density at radius 2 is 1.62 bits per heavy atom. The maximum atomic E-state index is 13.2. The number of carbonyl (C=O) groups excluding carboxylic acids is 1. The summed E-state index contributed by atoms with van der Waals surface area (Å²) >= 11 is 0. The smallest absolute Gasteiger partial charge is 0.490 e. The summed E-state index contributed by atoms with van der Waals surface area (Å²) in [5, 5.41) is 13.4. The molecule has 0 saturated carbocycles. The molecule has 226 valence electrons. The van der Waals surface area contributed by atoms with Gasteiger partial charge in [0.25, 0.3) is 15.9 Å². The third-order valence-corrected chi connectivity index (χ3v) is 7.33. The second-order valence-electron chi connectivity index (χ2n) is 8.95. The number of carbonyl (C=O) groups is 2. The molecule has 1 saturated heterocycles. The first-order valence-electron chi connectivity index (χ1n) is 12.9. The second-order valence-corrected chi connectivity index (χ2v) is 10.6. The van der Waals surface area contributed by atoms with Crippen LogP contribution in [0.15, 0.2) is 77.7 Å². The van der Waals surface area contributed by atoms with Gasteiger partial charge in [-0.3, -0.25) is 9.52 Å². The Labute approximate surface area is 241 Å². The summed E-state index contributed by atoms with van der Waals surface area (Å²) in [5.74, 6) is -2.42. The molecule has 1 fully saturated rings. The zero-order valence-electron chi connectivity index (χ0n) is 22.6. The van der Waals surface area contributed by atoms with Crippen LogP contribution in [0.3, 0.4) is 0 Å². The van der Waals surface area contributed by atoms with Crippen molar-refractivity contribution in [1.82, 2.24) is 10.6 Å². The van der Waals surface area contributed by atoms with Crippen LogP contribution in [0.25, 0.3) is 0 Å². The monoisotopic (exact) mass is 608 g/mol. The van der Waals surface area contributed by atoms with Gasteiger partial charge in [-0.1, -0.05) is 30.3 Å². The summed E-state index contributed by atoms with van der Waals surface area (Å²) in [6.45, 7) is 5.90. The van der Waals surface area contributed by atoms with Gasteiger partial charge >= 0.3 is 12.1 Å². The molecule has 1 heterocycles. The van der Waals surface area contributed by atoms with Gasteiger partial charge in [-0.15, -0.1) is 0 Å². The lowest BCUT2D eigenvalue weighted by molar-refractivity contribution is -0.192. The van der Waals surface area contributed by atoms with E-state index in [0.29, 0.717) is 30.2 Å². The van der Waals surface area contributed by atoms with Crippen molar-refractivity contribution < 1.29 is 41.0 Å². The van der Waals surface area contributed by atoms with E-state index in [9.17, 15) is 26.4 Å². The molecule has 14 heteroatoms. The van der Waals surface area contributed by atoms with Crippen LogP contribution in [0.5, 0.6) is 5.75 Å². The van der Waals surface area contributed by atoms with Crippen molar-refractivity contribution in [2.24, 2.45) is 0 Å². The number of sulfonamides is 1. The average Bonchev–Trinajstić information content (AvgIpc) is 2.97. The number of carboxylic acids is 1. The number of nitrogens with one attached hydrogen (secondary N) is 3. The minimum Gasteiger partial charge on any atom is -0.494 e. The lowest BCUT2D eigenvalue weighted by Gasteiger charge is -2.31. The molecule has 4 rings (SSSR count). The van der Waals surface area contributed by atoms with Gasteiger partial charge in [-0.05, 0) is 55.0 Å². The van der Waals surface area contributed by atoms with Crippen molar-refractivity contribution in [3.05, 3.63) is 83.9 Å². The molecule has 3 aromatic rings. The van der Waals surface area contributed by atoms with E-state index in [1.807, 2.05) is 37.3 Å². The van der Waals surface area contributed by atoms with Crippen LogP contribution in [-0.4, -0.2) is 64.4 Å². The predicted octanol–water partition coefficient (Wildman–Crippen LogP) is 3.86. The molecule has 4 N–H and O–H groups in total. The number of amides is 1. The minimum absolute atomic E-state index is 0.113. The number of carboxylic acid groups (broad SMARTS) is 1. The lowest BCUT2D eigenvalue weighted by atomic mass is 10.1. The van der Waals surface area contributed by atoms with Gasteiger partial charge in [0.1, 0.15) is 5.75 Å². The van der Waals surface area contributed by atoms with E-state index in [2.05, 4.69) is 20.3 Å². The molecule has 1 amide bonds. The first-order chi connectivity index (χ1) is 19.9. The molecule has 0 aliphatic carbocycles. The summed E-state index contributed by atoms with van der Waals surface area (Å²) < 4.78 is 65.7. The summed E-state index contributed by atoms with van der Waals surface area (Å²) in [4.78, 5) is 24.4. The zero-order valence-corrected chi connectivity index (χ0v) is 23.5.